The predicted molar refractivity (Wildman–Crippen MR) is 104 cm³/mol. The van der Waals surface area contributed by atoms with Gasteiger partial charge in [-0.1, -0.05) is 42.5 Å². The molecule has 0 bridgehead atoms. The van der Waals surface area contributed by atoms with E-state index in [0.29, 0.717) is 5.95 Å². The van der Waals surface area contributed by atoms with Crippen molar-refractivity contribution in [1.82, 2.24) is 15.2 Å². The Bertz CT molecular complexity index is 825. The van der Waals surface area contributed by atoms with Crippen molar-refractivity contribution in [2.75, 3.05) is 30.9 Å². The number of benzene rings is 2. The van der Waals surface area contributed by atoms with Gasteiger partial charge in [0.1, 0.15) is 5.75 Å². The van der Waals surface area contributed by atoms with Crippen LogP contribution in [0.2, 0.25) is 0 Å². The Morgan fingerprint density at radius 2 is 1.85 bits per heavy atom. The van der Waals surface area contributed by atoms with Gasteiger partial charge in [0.2, 0.25) is 5.95 Å². The summed E-state index contributed by atoms with van der Waals surface area (Å²) in [5, 5.41) is 11.4. The van der Waals surface area contributed by atoms with Crippen LogP contribution in [0.15, 0.2) is 60.8 Å². The van der Waals surface area contributed by atoms with Crippen LogP contribution in [0.3, 0.4) is 0 Å². The second-order valence-corrected chi connectivity index (χ2v) is 6.01. The van der Waals surface area contributed by atoms with E-state index >= 15 is 0 Å². The van der Waals surface area contributed by atoms with Crippen molar-refractivity contribution in [1.29, 1.82) is 0 Å². The smallest absolute Gasteiger partial charge is 0.244 e. The van der Waals surface area contributed by atoms with E-state index in [2.05, 4.69) is 43.6 Å². The maximum Gasteiger partial charge on any atom is 0.244 e. The largest absolute Gasteiger partial charge is 0.497 e. The Labute approximate surface area is 153 Å². The highest BCUT2D eigenvalue weighted by molar-refractivity contribution is 5.40. The quantitative estimate of drug-likeness (QED) is 0.674. The molecule has 2 aromatic carbocycles. The lowest BCUT2D eigenvalue weighted by Crippen LogP contribution is -2.19. The first-order valence-electron chi connectivity index (χ1n) is 8.56. The van der Waals surface area contributed by atoms with Crippen LogP contribution in [0, 0.1) is 0 Å². The van der Waals surface area contributed by atoms with Gasteiger partial charge in [0.15, 0.2) is 5.82 Å². The number of hydrogen-bond donors (Lipinski definition) is 1. The molecule has 0 aliphatic rings. The van der Waals surface area contributed by atoms with Crippen LogP contribution in [0.1, 0.15) is 11.1 Å². The van der Waals surface area contributed by atoms with Crippen molar-refractivity contribution in [3.05, 3.63) is 71.9 Å². The average Bonchev–Trinajstić information content (AvgIpc) is 2.69. The number of ether oxygens (including phenoxy) is 1. The molecule has 1 N–H and O–H groups in total. The van der Waals surface area contributed by atoms with E-state index in [1.165, 1.54) is 11.1 Å². The summed E-state index contributed by atoms with van der Waals surface area (Å²) < 4.78 is 5.25. The molecule has 0 atom stereocenters. The molecule has 0 saturated heterocycles. The highest BCUT2D eigenvalue weighted by atomic mass is 16.5. The number of anilines is 2. The third-order valence-electron chi connectivity index (χ3n) is 4.03. The second-order valence-electron chi connectivity index (χ2n) is 6.01. The molecule has 1 aromatic heterocycles. The zero-order valence-corrected chi connectivity index (χ0v) is 15.1. The molecule has 0 unspecified atom stereocenters. The predicted octanol–water partition coefficient (Wildman–Crippen LogP) is 3.17. The molecule has 0 saturated carbocycles. The van der Waals surface area contributed by atoms with Crippen molar-refractivity contribution in [2.45, 2.75) is 13.0 Å². The number of methoxy groups -OCH3 is 1. The summed E-state index contributed by atoms with van der Waals surface area (Å²) in [5.41, 5.74) is 2.42. The van der Waals surface area contributed by atoms with Crippen LogP contribution in [0.5, 0.6) is 5.75 Å². The third kappa shape index (κ3) is 4.92. The fourth-order valence-electron chi connectivity index (χ4n) is 2.64. The van der Waals surface area contributed by atoms with Crippen molar-refractivity contribution in [2.24, 2.45) is 0 Å². The number of aromatic nitrogens is 3. The number of hydrogen-bond acceptors (Lipinski definition) is 6. The molecule has 1 heterocycles. The van der Waals surface area contributed by atoms with Gasteiger partial charge in [0.25, 0.3) is 0 Å². The van der Waals surface area contributed by atoms with Crippen molar-refractivity contribution < 1.29 is 4.74 Å². The molecule has 26 heavy (non-hydrogen) atoms. The summed E-state index contributed by atoms with van der Waals surface area (Å²) in [6.07, 6.45) is 2.53. The van der Waals surface area contributed by atoms with E-state index in [0.717, 1.165) is 31.1 Å². The number of rotatable bonds is 8. The zero-order valence-electron chi connectivity index (χ0n) is 15.1. The van der Waals surface area contributed by atoms with Crippen LogP contribution in [0.25, 0.3) is 0 Å². The van der Waals surface area contributed by atoms with Gasteiger partial charge < -0.3 is 15.0 Å². The molecular weight excluding hydrogens is 326 g/mol. The summed E-state index contributed by atoms with van der Waals surface area (Å²) >= 11 is 0. The van der Waals surface area contributed by atoms with E-state index in [-0.39, 0.29) is 0 Å². The van der Waals surface area contributed by atoms with Crippen LogP contribution in [-0.4, -0.2) is 35.9 Å². The minimum absolute atomic E-state index is 0.533. The van der Waals surface area contributed by atoms with Gasteiger partial charge in [-0.05, 0) is 29.7 Å². The van der Waals surface area contributed by atoms with Crippen molar-refractivity contribution in [3.8, 4) is 5.75 Å². The summed E-state index contributed by atoms with van der Waals surface area (Å²) in [6.45, 7) is 1.49. The Morgan fingerprint density at radius 1 is 1.04 bits per heavy atom. The standard InChI is InChI=1S/C20H23N5O/c1-25(15-17-7-4-3-5-8-17)19-14-22-24-20(23-19)21-12-11-16-9-6-10-18(13-16)26-2/h3-10,13-14H,11-12,15H2,1-2H3,(H,21,23,24). The molecule has 6 heteroatoms. The highest BCUT2D eigenvalue weighted by Gasteiger charge is 2.06. The average molecular weight is 349 g/mol. The molecule has 3 aromatic rings. The Hall–Kier alpha value is -3.15. The summed E-state index contributed by atoms with van der Waals surface area (Å²) in [7, 11) is 3.67. The van der Waals surface area contributed by atoms with Gasteiger partial charge >= 0.3 is 0 Å². The SMILES string of the molecule is COc1cccc(CCNc2nncc(N(C)Cc3ccccc3)n2)c1. The topological polar surface area (TPSA) is 63.2 Å². The minimum atomic E-state index is 0.533. The maximum absolute atomic E-state index is 5.25. The lowest BCUT2D eigenvalue weighted by Gasteiger charge is -2.18. The van der Waals surface area contributed by atoms with Crippen LogP contribution in [0.4, 0.5) is 11.8 Å². The van der Waals surface area contributed by atoms with Crippen molar-refractivity contribution >= 4 is 11.8 Å². The molecule has 3 rings (SSSR count). The Kier molecular flexibility index (Phi) is 5.98. The third-order valence-corrected chi connectivity index (χ3v) is 4.03. The summed E-state index contributed by atoms with van der Waals surface area (Å²) in [4.78, 5) is 6.60. The van der Waals surface area contributed by atoms with Crippen molar-refractivity contribution in [3.63, 3.8) is 0 Å². The van der Waals surface area contributed by atoms with Gasteiger partial charge in [-0.2, -0.15) is 10.1 Å². The van der Waals surface area contributed by atoms with E-state index in [9.17, 15) is 0 Å². The molecule has 0 spiro atoms. The lowest BCUT2D eigenvalue weighted by atomic mass is 10.1. The fourth-order valence-corrected chi connectivity index (χ4v) is 2.64. The van der Waals surface area contributed by atoms with Gasteiger partial charge in [0, 0.05) is 20.1 Å². The Morgan fingerprint density at radius 3 is 2.65 bits per heavy atom. The van der Waals surface area contributed by atoms with E-state index < -0.39 is 0 Å². The highest BCUT2D eigenvalue weighted by Crippen LogP contribution is 2.14. The zero-order chi connectivity index (χ0) is 18.2. The van der Waals surface area contributed by atoms with Crippen LogP contribution >= 0.6 is 0 Å². The first-order chi connectivity index (χ1) is 12.7. The first kappa shape index (κ1) is 17.7. The van der Waals surface area contributed by atoms with Gasteiger partial charge in [-0.15, -0.1) is 5.10 Å². The van der Waals surface area contributed by atoms with E-state index in [1.807, 2.05) is 43.4 Å². The second kappa shape index (κ2) is 8.80. The first-order valence-corrected chi connectivity index (χ1v) is 8.56. The maximum atomic E-state index is 5.25. The molecule has 134 valence electrons. The lowest BCUT2D eigenvalue weighted by molar-refractivity contribution is 0.414. The number of nitrogens with one attached hydrogen (secondary N) is 1. The molecule has 0 aliphatic heterocycles. The van der Waals surface area contributed by atoms with Gasteiger partial charge in [0.05, 0.1) is 13.3 Å². The molecule has 0 amide bonds. The fraction of sp³-hybridized carbons (Fsp3) is 0.250. The Balaban J connectivity index is 1.56. The molecule has 0 radical (unpaired) electrons. The molecular formula is C20H23N5O. The monoisotopic (exact) mass is 349 g/mol. The summed E-state index contributed by atoms with van der Waals surface area (Å²) in [6, 6.07) is 18.3. The number of nitrogens with zero attached hydrogens (tertiary/aromatic N) is 4. The van der Waals surface area contributed by atoms with Gasteiger partial charge in [-0.3, -0.25) is 0 Å². The normalized spacial score (nSPS) is 10.4. The van der Waals surface area contributed by atoms with E-state index in [4.69, 9.17) is 4.74 Å². The van der Waals surface area contributed by atoms with Crippen LogP contribution in [-0.2, 0) is 13.0 Å². The summed E-state index contributed by atoms with van der Waals surface area (Å²) in [5.74, 6) is 2.18. The molecule has 0 aliphatic carbocycles. The van der Waals surface area contributed by atoms with Crippen LogP contribution < -0.4 is 15.0 Å². The molecule has 0 fully saturated rings. The minimum Gasteiger partial charge on any atom is -0.497 e. The molecule has 6 nitrogen and oxygen atoms in total. The van der Waals surface area contributed by atoms with E-state index in [1.54, 1.807) is 13.3 Å². The van der Waals surface area contributed by atoms with Gasteiger partial charge in [-0.25, -0.2) is 0 Å².